The molecule has 1 unspecified atom stereocenters. The van der Waals surface area contributed by atoms with E-state index in [4.69, 9.17) is 50.1 Å². The molecule has 3 aromatic rings. The molecule has 1 aromatic carbocycles. The molecule has 0 spiro atoms. The second-order valence-corrected chi connectivity index (χ2v) is 12.2. The number of hydrogen-bond acceptors (Lipinski definition) is 18. The molecular weight excluding hydrogens is 776 g/mol. The number of carboxylic acids is 1. The van der Waals surface area contributed by atoms with E-state index >= 15 is 0 Å². The highest BCUT2D eigenvalue weighted by Gasteiger charge is 2.22. The summed E-state index contributed by atoms with van der Waals surface area (Å²) in [7, 11) is 0. The van der Waals surface area contributed by atoms with Gasteiger partial charge in [-0.05, 0) is 30.7 Å². The second-order valence-electron chi connectivity index (χ2n) is 12.2. The van der Waals surface area contributed by atoms with E-state index in [1.165, 1.54) is 18.3 Å². The molecule has 2 heterocycles. The number of carbonyl (C=O) groups is 3. The van der Waals surface area contributed by atoms with Gasteiger partial charge in [-0.25, -0.2) is 14.8 Å². The number of nitrogen functional groups attached to an aromatic ring is 1. The molecule has 1 atom stereocenters. The highest BCUT2D eigenvalue weighted by atomic mass is 16.6. The summed E-state index contributed by atoms with van der Waals surface area (Å²) in [6.07, 6.45) is 6.33. The van der Waals surface area contributed by atoms with Crippen LogP contribution >= 0.6 is 0 Å². The Kier molecular flexibility index (Phi) is 24.3. The lowest BCUT2D eigenvalue weighted by molar-refractivity contribution is -0.139. The van der Waals surface area contributed by atoms with Crippen LogP contribution in [0.2, 0.25) is 0 Å². The van der Waals surface area contributed by atoms with Gasteiger partial charge < -0.3 is 69.8 Å². The van der Waals surface area contributed by atoms with Crippen molar-refractivity contribution in [2.24, 2.45) is 0 Å². The zero-order valence-corrected chi connectivity index (χ0v) is 32.9. The number of hydrogen-bond donors (Lipinski definition) is 6. The van der Waals surface area contributed by atoms with Gasteiger partial charge in [-0.3, -0.25) is 9.59 Å². The molecule has 7 N–H and O–H groups in total. The second kappa shape index (κ2) is 29.8. The fraction of sp³-hybridized carbons (Fsp3) is 0.553. The molecule has 0 bridgehead atoms. The van der Waals surface area contributed by atoms with Crippen LogP contribution in [0.25, 0.3) is 11.2 Å². The molecular formula is C38H54N8O13. The first-order valence-corrected chi connectivity index (χ1v) is 18.9. The normalized spacial score (nSPS) is 11.6. The first-order chi connectivity index (χ1) is 28.8. The van der Waals surface area contributed by atoms with E-state index < -0.39 is 17.9 Å². The van der Waals surface area contributed by atoms with Crippen LogP contribution in [0.15, 0.2) is 30.5 Å². The van der Waals surface area contributed by atoms with Gasteiger partial charge in [0.25, 0.3) is 5.91 Å². The fourth-order valence-electron chi connectivity index (χ4n) is 4.76. The van der Waals surface area contributed by atoms with Gasteiger partial charge in [0.15, 0.2) is 11.2 Å². The number of fused-ring (bicyclic) bond motifs is 1. The minimum absolute atomic E-state index is 0.107. The first kappa shape index (κ1) is 48.1. The maximum atomic E-state index is 12.8. The number of carboxylic acid groups (broad SMARTS) is 1. The minimum Gasteiger partial charge on any atom is -0.492 e. The van der Waals surface area contributed by atoms with Gasteiger partial charge in [0.1, 0.15) is 12.6 Å². The van der Waals surface area contributed by atoms with Crippen LogP contribution in [-0.4, -0.2) is 166 Å². The van der Waals surface area contributed by atoms with Gasteiger partial charge in [0, 0.05) is 24.2 Å². The van der Waals surface area contributed by atoms with Crippen molar-refractivity contribution < 1.29 is 62.5 Å². The molecule has 2 aromatic heterocycles. The smallest absolute Gasteiger partial charge is 0.326 e. The van der Waals surface area contributed by atoms with Gasteiger partial charge in [-0.2, -0.15) is 9.97 Å². The van der Waals surface area contributed by atoms with Gasteiger partial charge in [-0.1, -0.05) is 5.92 Å². The average Bonchev–Trinajstić information content (AvgIpc) is 3.22. The third kappa shape index (κ3) is 21.3. The average molecular weight is 831 g/mol. The van der Waals surface area contributed by atoms with Crippen LogP contribution < -0.4 is 21.7 Å². The number of ether oxygens (including phenoxy) is 8. The molecule has 21 heteroatoms. The SMILES string of the molecule is C#CCOCCOCCOCCOCCOCCOCCOCCOCCNC(=O)CCC(NC(=O)c1ccc(NCc2cnc3nc(N)nc(O)c3n2)cc1)C(=O)O. The van der Waals surface area contributed by atoms with Gasteiger partial charge >= 0.3 is 5.97 Å². The first-order valence-electron chi connectivity index (χ1n) is 18.9. The number of aromatic hydroxyl groups is 1. The van der Waals surface area contributed by atoms with E-state index in [-0.39, 0.29) is 73.6 Å². The van der Waals surface area contributed by atoms with Crippen molar-refractivity contribution in [2.45, 2.75) is 25.4 Å². The lowest BCUT2D eigenvalue weighted by Crippen LogP contribution is -2.41. The number of benzene rings is 1. The molecule has 0 fully saturated rings. The Morgan fingerprint density at radius 1 is 0.746 bits per heavy atom. The number of terminal acetylenes is 1. The van der Waals surface area contributed by atoms with Crippen LogP contribution in [0.1, 0.15) is 28.9 Å². The van der Waals surface area contributed by atoms with E-state index in [0.717, 1.165) is 0 Å². The summed E-state index contributed by atoms with van der Waals surface area (Å²) in [5.41, 5.74) is 7.14. The highest BCUT2D eigenvalue weighted by molar-refractivity contribution is 5.97. The van der Waals surface area contributed by atoms with E-state index in [1.54, 1.807) is 12.1 Å². The zero-order valence-electron chi connectivity index (χ0n) is 32.9. The third-order valence-electron chi connectivity index (χ3n) is 7.70. The van der Waals surface area contributed by atoms with Gasteiger partial charge in [-0.15, -0.1) is 6.42 Å². The van der Waals surface area contributed by atoms with E-state index in [9.17, 15) is 24.6 Å². The molecule has 59 heavy (non-hydrogen) atoms. The lowest BCUT2D eigenvalue weighted by atomic mass is 10.1. The number of aromatic nitrogens is 4. The maximum absolute atomic E-state index is 12.8. The summed E-state index contributed by atoms with van der Waals surface area (Å²) in [5.74, 6) is -0.358. The standard InChI is InChI=1S/C38H54N8O13/c1-2-10-52-12-14-54-16-18-56-20-22-58-24-25-59-23-21-57-19-17-55-15-13-53-11-9-40-32(47)8-7-31(37(50)51)44-35(48)28-3-5-29(6-4-28)41-26-30-27-42-34-33(43-30)36(49)46-38(39)45-34/h1,3-6,27,31,41H,7-26H2,(H,40,47)(H,44,48)(H,50,51)(H3,39,42,45,46,49). The highest BCUT2D eigenvalue weighted by Crippen LogP contribution is 2.19. The molecule has 21 nitrogen and oxygen atoms in total. The van der Waals surface area contributed by atoms with Crippen molar-refractivity contribution in [3.63, 3.8) is 0 Å². The quantitative estimate of drug-likeness (QED) is 0.0345. The zero-order chi connectivity index (χ0) is 42.3. The van der Waals surface area contributed by atoms with Crippen molar-refractivity contribution in [3.05, 3.63) is 41.7 Å². The fourth-order valence-corrected chi connectivity index (χ4v) is 4.76. The molecule has 3 rings (SSSR count). The van der Waals surface area contributed by atoms with E-state index in [0.29, 0.717) is 104 Å². The Hall–Kier alpha value is -5.31. The Bertz CT molecular complexity index is 1720. The number of carbonyl (C=O) groups excluding carboxylic acids is 2. The molecule has 324 valence electrons. The van der Waals surface area contributed by atoms with Crippen molar-refractivity contribution in [3.8, 4) is 18.2 Å². The van der Waals surface area contributed by atoms with Gasteiger partial charge in [0.05, 0.1) is 118 Å². The largest absolute Gasteiger partial charge is 0.492 e. The lowest BCUT2D eigenvalue weighted by Gasteiger charge is -2.15. The predicted octanol–water partition coefficient (Wildman–Crippen LogP) is 0.165. The van der Waals surface area contributed by atoms with Crippen LogP contribution in [0.3, 0.4) is 0 Å². The topological polar surface area (TPSA) is 279 Å². The summed E-state index contributed by atoms with van der Waals surface area (Å²) >= 11 is 0. The summed E-state index contributed by atoms with van der Waals surface area (Å²) in [4.78, 5) is 52.9. The Labute approximate surface area is 342 Å². The molecule has 0 saturated heterocycles. The van der Waals surface area contributed by atoms with Crippen LogP contribution in [-0.2, 0) is 54.0 Å². The third-order valence-corrected chi connectivity index (χ3v) is 7.70. The summed E-state index contributed by atoms with van der Waals surface area (Å²) in [6, 6.07) is 5.05. The molecule has 0 radical (unpaired) electrons. The van der Waals surface area contributed by atoms with Crippen LogP contribution in [0.5, 0.6) is 5.88 Å². The molecule has 0 aliphatic rings. The summed E-state index contributed by atoms with van der Waals surface area (Å²) in [5, 5.41) is 27.8. The molecule has 0 aliphatic carbocycles. The van der Waals surface area contributed by atoms with Crippen molar-refractivity contribution >= 4 is 40.6 Å². The minimum atomic E-state index is -1.27. The summed E-state index contributed by atoms with van der Waals surface area (Å²) in [6.45, 7) is 7.06. The summed E-state index contributed by atoms with van der Waals surface area (Å²) < 4.78 is 43.1. The van der Waals surface area contributed by atoms with Crippen molar-refractivity contribution in [1.82, 2.24) is 30.6 Å². The van der Waals surface area contributed by atoms with Crippen molar-refractivity contribution in [1.29, 1.82) is 0 Å². The van der Waals surface area contributed by atoms with Crippen LogP contribution in [0, 0.1) is 12.3 Å². The number of rotatable bonds is 34. The van der Waals surface area contributed by atoms with E-state index in [2.05, 4.69) is 41.8 Å². The Morgan fingerprint density at radius 3 is 1.80 bits per heavy atom. The predicted molar refractivity (Wildman–Crippen MR) is 211 cm³/mol. The Morgan fingerprint density at radius 2 is 1.27 bits per heavy atom. The number of amides is 2. The van der Waals surface area contributed by atoms with Crippen LogP contribution in [0.4, 0.5) is 11.6 Å². The number of nitrogens with two attached hydrogens (primary N) is 1. The molecule has 2 amide bonds. The molecule has 0 aliphatic heterocycles. The number of nitrogens with zero attached hydrogens (tertiary/aromatic N) is 4. The maximum Gasteiger partial charge on any atom is 0.326 e. The Balaban J connectivity index is 1.12. The number of nitrogens with one attached hydrogen (secondary N) is 3. The van der Waals surface area contributed by atoms with Gasteiger partial charge in [0.2, 0.25) is 17.7 Å². The van der Waals surface area contributed by atoms with E-state index in [1.807, 2.05) is 0 Å². The van der Waals surface area contributed by atoms with Crippen molar-refractivity contribution in [2.75, 3.05) is 123 Å². The number of anilines is 2. The molecule has 0 saturated carbocycles. The number of aliphatic carboxylic acids is 1. The monoisotopic (exact) mass is 830 g/mol.